The Morgan fingerprint density at radius 1 is 1.00 bits per heavy atom. The fourth-order valence-corrected chi connectivity index (χ4v) is 5.18. The van der Waals surface area contributed by atoms with E-state index in [0.717, 1.165) is 28.1 Å². The van der Waals surface area contributed by atoms with Crippen LogP contribution in [0.1, 0.15) is 22.9 Å². The van der Waals surface area contributed by atoms with E-state index >= 15 is 0 Å². The molecule has 3 nitrogen and oxygen atoms in total. The number of hydrogen-bond acceptors (Lipinski definition) is 2. The predicted octanol–water partition coefficient (Wildman–Crippen LogP) is 6.09. The number of aromatic nitrogens is 1. The maximum absolute atomic E-state index is 13.3. The third-order valence-corrected chi connectivity index (χ3v) is 6.89. The van der Waals surface area contributed by atoms with Crippen LogP contribution in [-0.4, -0.2) is 28.1 Å². The SMILES string of the molecule is O=C(CSc1ccccc1)N1CCc2c([nH]c3ccccc23)[C@@H]1c1ccc(Cl)cc1. The molecule has 1 amide bonds. The first-order valence-corrected chi connectivity index (χ1v) is 11.4. The average molecular weight is 433 g/mol. The zero-order chi connectivity index (χ0) is 20.5. The highest BCUT2D eigenvalue weighted by Gasteiger charge is 2.34. The Morgan fingerprint density at radius 3 is 2.53 bits per heavy atom. The molecule has 1 aliphatic rings. The number of carbonyl (C=O) groups excluding carboxylic acids is 1. The van der Waals surface area contributed by atoms with Gasteiger partial charge in [0.05, 0.1) is 11.8 Å². The Morgan fingerprint density at radius 2 is 1.73 bits per heavy atom. The van der Waals surface area contributed by atoms with Crippen LogP contribution in [0.2, 0.25) is 5.02 Å². The lowest BCUT2D eigenvalue weighted by molar-refractivity contribution is -0.130. The van der Waals surface area contributed by atoms with Crippen molar-refractivity contribution in [3.05, 3.63) is 101 Å². The van der Waals surface area contributed by atoms with Crippen LogP contribution in [0.15, 0.2) is 83.8 Å². The van der Waals surface area contributed by atoms with Gasteiger partial charge in [-0.3, -0.25) is 4.79 Å². The Kier molecular flexibility index (Phi) is 5.28. The molecular formula is C25H21ClN2OS. The number of carbonyl (C=O) groups is 1. The van der Waals surface area contributed by atoms with Crippen molar-refractivity contribution < 1.29 is 4.79 Å². The summed E-state index contributed by atoms with van der Waals surface area (Å²) in [7, 11) is 0. The number of nitrogens with zero attached hydrogens (tertiary/aromatic N) is 1. The molecule has 150 valence electrons. The lowest BCUT2D eigenvalue weighted by Gasteiger charge is -2.36. The number of amides is 1. The quantitative estimate of drug-likeness (QED) is 0.396. The molecular weight excluding hydrogens is 412 g/mol. The highest BCUT2D eigenvalue weighted by molar-refractivity contribution is 8.00. The fraction of sp³-hybridized carbons (Fsp3) is 0.160. The van der Waals surface area contributed by atoms with Crippen LogP contribution in [0.5, 0.6) is 0 Å². The van der Waals surface area contributed by atoms with E-state index in [1.54, 1.807) is 11.8 Å². The minimum Gasteiger partial charge on any atom is -0.356 e. The second kappa shape index (κ2) is 8.21. The van der Waals surface area contributed by atoms with E-state index in [2.05, 4.69) is 23.2 Å². The number of thioether (sulfide) groups is 1. The minimum absolute atomic E-state index is 0.137. The first-order valence-electron chi connectivity index (χ1n) is 10.0. The highest BCUT2D eigenvalue weighted by Crippen LogP contribution is 2.39. The Hall–Kier alpha value is -2.69. The number of hydrogen-bond donors (Lipinski definition) is 1. The molecule has 30 heavy (non-hydrogen) atoms. The van der Waals surface area contributed by atoms with E-state index in [0.29, 0.717) is 17.3 Å². The van der Waals surface area contributed by atoms with E-state index in [1.807, 2.05) is 65.6 Å². The summed E-state index contributed by atoms with van der Waals surface area (Å²) in [5.74, 6) is 0.567. The molecule has 0 unspecified atom stereocenters. The largest absolute Gasteiger partial charge is 0.356 e. The van der Waals surface area contributed by atoms with Crippen molar-refractivity contribution in [3.63, 3.8) is 0 Å². The number of halogens is 1. The fourth-order valence-electron chi connectivity index (χ4n) is 4.25. The van der Waals surface area contributed by atoms with Gasteiger partial charge in [-0.2, -0.15) is 0 Å². The standard InChI is InChI=1S/C25H21ClN2OS/c26-18-12-10-17(11-13-18)25-24-21(20-8-4-5-9-22(20)27-24)14-15-28(25)23(29)16-30-19-6-2-1-3-7-19/h1-13,25,27H,14-16H2/t25-/m0/s1. The zero-order valence-corrected chi connectivity index (χ0v) is 17.9. The van der Waals surface area contributed by atoms with E-state index in [4.69, 9.17) is 11.6 Å². The minimum atomic E-state index is -0.137. The summed E-state index contributed by atoms with van der Waals surface area (Å²) in [6, 6.07) is 26.2. The van der Waals surface area contributed by atoms with Crippen LogP contribution in [0.3, 0.4) is 0 Å². The highest BCUT2D eigenvalue weighted by atomic mass is 35.5. The van der Waals surface area contributed by atoms with E-state index in [1.165, 1.54) is 10.9 Å². The van der Waals surface area contributed by atoms with Gasteiger partial charge in [-0.05, 0) is 47.9 Å². The van der Waals surface area contributed by atoms with Crippen molar-refractivity contribution >= 4 is 40.2 Å². The normalized spacial score (nSPS) is 15.9. The summed E-state index contributed by atoms with van der Waals surface area (Å²) in [5.41, 5.74) is 4.62. The molecule has 1 aromatic heterocycles. The van der Waals surface area contributed by atoms with Crippen molar-refractivity contribution in [1.82, 2.24) is 9.88 Å². The van der Waals surface area contributed by atoms with Gasteiger partial charge in [-0.1, -0.05) is 60.1 Å². The Labute approximate surface area is 185 Å². The molecule has 1 atom stereocenters. The maximum atomic E-state index is 13.3. The van der Waals surface area contributed by atoms with Gasteiger partial charge in [-0.25, -0.2) is 0 Å². The molecule has 5 heteroatoms. The number of rotatable bonds is 4. The molecule has 5 rings (SSSR count). The molecule has 1 N–H and O–H groups in total. The van der Waals surface area contributed by atoms with Crippen molar-refractivity contribution in [2.45, 2.75) is 17.4 Å². The number of nitrogens with one attached hydrogen (secondary N) is 1. The summed E-state index contributed by atoms with van der Waals surface area (Å²) in [4.78, 5) is 20.0. The molecule has 0 saturated carbocycles. The van der Waals surface area contributed by atoms with Gasteiger partial charge in [0.2, 0.25) is 5.91 Å². The van der Waals surface area contributed by atoms with Crippen LogP contribution in [0.25, 0.3) is 10.9 Å². The summed E-state index contributed by atoms with van der Waals surface area (Å²) >= 11 is 7.73. The molecule has 0 fully saturated rings. The first-order chi connectivity index (χ1) is 14.7. The van der Waals surface area contributed by atoms with Crippen LogP contribution < -0.4 is 0 Å². The van der Waals surface area contributed by atoms with Crippen molar-refractivity contribution in [3.8, 4) is 0 Å². The van der Waals surface area contributed by atoms with Gasteiger partial charge in [0.25, 0.3) is 0 Å². The summed E-state index contributed by atoms with van der Waals surface area (Å²) in [6.45, 7) is 0.705. The first kappa shape index (κ1) is 19.3. The van der Waals surface area contributed by atoms with Gasteiger partial charge in [-0.15, -0.1) is 11.8 Å². The van der Waals surface area contributed by atoms with Crippen LogP contribution >= 0.6 is 23.4 Å². The van der Waals surface area contributed by atoms with Gasteiger partial charge in [0, 0.05) is 33.1 Å². The number of H-pyrrole nitrogens is 1. The third-order valence-electron chi connectivity index (χ3n) is 5.65. The predicted molar refractivity (Wildman–Crippen MR) is 124 cm³/mol. The van der Waals surface area contributed by atoms with Gasteiger partial charge in [0.15, 0.2) is 0 Å². The Balaban J connectivity index is 1.51. The molecule has 1 aliphatic heterocycles. The number of benzene rings is 3. The van der Waals surface area contributed by atoms with Crippen molar-refractivity contribution in [2.24, 2.45) is 0 Å². The van der Waals surface area contributed by atoms with Crippen molar-refractivity contribution in [2.75, 3.05) is 12.3 Å². The van der Waals surface area contributed by atoms with Gasteiger partial charge in [0.1, 0.15) is 0 Å². The van der Waals surface area contributed by atoms with Crippen LogP contribution in [0, 0.1) is 0 Å². The number of fused-ring (bicyclic) bond motifs is 3. The molecule has 0 spiro atoms. The van der Waals surface area contributed by atoms with E-state index < -0.39 is 0 Å². The van der Waals surface area contributed by atoms with Gasteiger partial charge >= 0.3 is 0 Å². The third kappa shape index (κ3) is 3.62. The van der Waals surface area contributed by atoms with Crippen LogP contribution in [-0.2, 0) is 11.2 Å². The van der Waals surface area contributed by atoms with Gasteiger partial charge < -0.3 is 9.88 Å². The van der Waals surface area contributed by atoms with E-state index in [-0.39, 0.29) is 11.9 Å². The number of para-hydroxylation sites is 1. The van der Waals surface area contributed by atoms with Crippen molar-refractivity contribution in [1.29, 1.82) is 0 Å². The zero-order valence-electron chi connectivity index (χ0n) is 16.3. The average Bonchev–Trinajstić information content (AvgIpc) is 3.17. The molecule has 4 aromatic rings. The Bertz CT molecular complexity index is 1190. The maximum Gasteiger partial charge on any atom is 0.233 e. The topological polar surface area (TPSA) is 36.1 Å². The molecule has 3 aromatic carbocycles. The summed E-state index contributed by atoms with van der Waals surface area (Å²) in [5, 5.41) is 1.95. The molecule has 0 radical (unpaired) electrons. The lowest BCUT2D eigenvalue weighted by Crippen LogP contribution is -2.41. The summed E-state index contributed by atoms with van der Waals surface area (Å²) in [6.07, 6.45) is 0.852. The molecule has 0 bridgehead atoms. The lowest BCUT2D eigenvalue weighted by atomic mass is 9.92. The molecule has 0 saturated heterocycles. The van der Waals surface area contributed by atoms with Crippen LogP contribution in [0.4, 0.5) is 0 Å². The second-order valence-electron chi connectivity index (χ2n) is 7.46. The number of aromatic amines is 1. The second-order valence-corrected chi connectivity index (χ2v) is 8.94. The van der Waals surface area contributed by atoms with E-state index in [9.17, 15) is 4.79 Å². The monoisotopic (exact) mass is 432 g/mol. The smallest absolute Gasteiger partial charge is 0.233 e. The summed E-state index contributed by atoms with van der Waals surface area (Å²) < 4.78 is 0. The molecule has 2 heterocycles. The molecule has 0 aliphatic carbocycles.